The summed E-state index contributed by atoms with van der Waals surface area (Å²) in [7, 11) is 0. The van der Waals surface area contributed by atoms with E-state index in [1.54, 1.807) is 0 Å². The van der Waals surface area contributed by atoms with E-state index in [2.05, 4.69) is 4.98 Å². The molecule has 1 saturated carbocycles. The monoisotopic (exact) mass is 228 g/mol. The number of hydrogen-bond donors (Lipinski definition) is 0. The first-order valence-corrected chi connectivity index (χ1v) is 5.45. The molecule has 1 aliphatic rings. The Kier molecular flexibility index (Phi) is 3.03. The fraction of sp³-hybridized carbons (Fsp3) is 0.636. The Morgan fingerprint density at radius 2 is 2.12 bits per heavy atom. The third-order valence-electron chi connectivity index (χ3n) is 3.08. The van der Waals surface area contributed by atoms with Crippen molar-refractivity contribution in [3.8, 4) is 0 Å². The zero-order valence-electron chi connectivity index (χ0n) is 8.90. The summed E-state index contributed by atoms with van der Waals surface area (Å²) in [5.41, 5.74) is -0.118. The summed E-state index contributed by atoms with van der Waals surface area (Å²) in [6.07, 6.45) is 3.74. The average molecular weight is 228 g/mol. The van der Waals surface area contributed by atoms with Crippen molar-refractivity contribution < 1.29 is 8.78 Å². The van der Waals surface area contributed by atoms with Crippen LogP contribution in [0.2, 0.25) is 0 Å². The fourth-order valence-corrected chi connectivity index (χ4v) is 2.08. The molecule has 88 valence electrons. The third-order valence-corrected chi connectivity index (χ3v) is 3.08. The molecule has 5 heteroatoms. The highest BCUT2D eigenvalue weighted by Crippen LogP contribution is 2.36. The van der Waals surface area contributed by atoms with E-state index in [-0.39, 0.29) is 24.3 Å². The van der Waals surface area contributed by atoms with Crippen molar-refractivity contribution in [1.29, 1.82) is 0 Å². The van der Waals surface area contributed by atoms with Gasteiger partial charge < -0.3 is 0 Å². The first-order chi connectivity index (χ1) is 7.57. The molecule has 1 heterocycles. The van der Waals surface area contributed by atoms with Crippen LogP contribution in [0.3, 0.4) is 0 Å². The highest BCUT2D eigenvalue weighted by atomic mass is 19.3. The first-order valence-electron chi connectivity index (χ1n) is 5.45. The number of halogens is 2. The van der Waals surface area contributed by atoms with Crippen LogP contribution in [0.15, 0.2) is 23.4 Å². The molecule has 0 atom stereocenters. The van der Waals surface area contributed by atoms with Gasteiger partial charge in [0.1, 0.15) is 0 Å². The smallest absolute Gasteiger partial charge is 0.253 e. The van der Waals surface area contributed by atoms with Crippen molar-refractivity contribution in [3.05, 3.63) is 28.9 Å². The van der Waals surface area contributed by atoms with E-state index in [1.165, 1.54) is 23.2 Å². The number of rotatable bonds is 2. The molecular formula is C11H14F2N2O. The summed E-state index contributed by atoms with van der Waals surface area (Å²) in [5.74, 6) is -2.34. The van der Waals surface area contributed by atoms with Crippen LogP contribution < -0.4 is 5.56 Å². The van der Waals surface area contributed by atoms with Crippen LogP contribution in [0.4, 0.5) is 8.78 Å². The standard InChI is InChI=1S/C11H14F2N2O/c12-11(13)4-1-9(2-5-11)7-15-8-14-6-3-10(15)16/h3,6,8-9H,1-2,4-5,7H2. The minimum atomic E-state index is -2.50. The SMILES string of the molecule is O=c1ccncn1CC1CCC(F)(F)CC1. The van der Waals surface area contributed by atoms with E-state index >= 15 is 0 Å². The van der Waals surface area contributed by atoms with Crippen LogP contribution in [0, 0.1) is 5.92 Å². The second-order valence-corrected chi connectivity index (χ2v) is 4.37. The quantitative estimate of drug-likeness (QED) is 0.776. The van der Waals surface area contributed by atoms with Crippen LogP contribution in [-0.2, 0) is 6.54 Å². The zero-order valence-corrected chi connectivity index (χ0v) is 8.90. The lowest BCUT2D eigenvalue weighted by Gasteiger charge is -2.28. The maximum Gasteiger partial charge on any atom is 0.253 e. The van der Waals surface area contributed by atoms with Crippen LogP contribution in [-0.4, -0.2) is 15.5 Å². The molecule has 0 N–H and O–H groups in total. The van der Waals surface area contributed by atoms with Crippen molar-refractivity contribution in [2.24, 2.45) is 5.92 Å². The summed E-state index contributed by atoms with van der Waals surface area (Å²) < 4.78 is 27.3. The second kappa shape index (κ2) is 4.31. The van der Waals surface area contributed by atoms with Crippen molar-refractivity contribution in [2.45, 2.75) is 38.2 Å². The van der Waals surface area contributed by atoms with Crippen molar-refractivity contribution >= 4 is 0 Å². The largest absolute Gasteiger partial charge is 0.299 e. The topological polar surface area (TPSA) is 34.9 Å². The van der Waals surface area contributed by atoms with E-state index in [9.17, 15) is 13.6 Å². The van der Waals surface area contributed by atoms with Crippen LogP contribution >= 0.6 is 0 Å². The molecule has 16 heavy (non-hydrogen) atoms. The van der Waals surface area contributed by atoms with Gasteiger partial charge in [-0.2, -0.15) is 0 Å². The molecule has 0 aliphatic heterocycles. The Hall–Kier alpha value is -1.26. The molecular weight excluding hydrogens is 214 g/mol. The molecule has 1 fully saturated rings. The molecule has 0 aromatic carbocycles. The highest BCUT2D eigenvalue weighted by Gasteiger charge is 2.34. The molecule has 1 aliphatic carbocycles. The molecule has 0 bridgehead atoms. The van der Waals surface area contributed by atoms with Gasteiger partial charge in [-0.15, -0.1) is 0 Å². The summed E-state index contributed by atoms with van der Waals surface area (Å²) in [4.78, 5) is 15.2. The van der Waals surface area contributed by atoms with Gasteiger partial charge in [0.15, 0.2) is 0 Å². The summed E-state index contributed by atoms with van der Waals surface area (Å²) >= 11 is 0. The lowest BCUT2D eigenvalue weighted by molar-refractivity contribution is -0.0474. The molecule has 0 amide bonds. The molecule has 0 saturated heterocycles. The summed E-state index contributed by atoms with van der Waals surface area (Å²) in [5, 5.41) is 0. The van der Waals surface area contributed by atoms with Crippen molar-refractivity contribution in [2.75, 3.05) is 0 Å². The lowest BCUT2D eigenvalue weighted by Crippen LogP contribution is -2.29. The Morgan fingerprint density at radius 3 is 2.75 bits per heavy atom. The van der Waals surface area contributed by atoms with Crippen molar-refractivity contribution in [3.63, 3.8) is 0 Å². The third kappa shape index (κ3) is 2.65. The number of aromatic nitrogens is 2. The summed E-state index contributed by atoms with van der Waals surface area (Å²) in [6, 6.07) is 1.39. The molecule has 0 radical (unpaired) electrons. The van der Waals surface area contributed by atoms with Gasteiger partial charge in [-0.05, 0) is 18.8 Å². The number of alkyl halides is 2. The van der Waals surface area contributed by atoms with Gasteiger partial charge >= 0.3 is 0 Å². The van der Waals surface area contributed by atoms with Crippen LogP contribution in [0.5, 0.6) is 0 Å². The normalized spacial score (nSPS) is 20.9. The van der Waals surface area contributed by atoms with Crippen LogP contribution in [0.1, 0.15) is 25.7 Å². The summed E-state index contributed by atoms with van der Waals surface area (Å²) in [6.45, 7) is 0.503. The van der Waals surface area contributed by atoms with E-state index < -0.39 is 5.92 Å². The predicted octanol–water partition coefficient (Wildman–Crippen LogP) is 2.07. The Morgan fingerprint density at radius 1 is 1.44 bits per heavy atom. The molecule has 0 unspecified atom stereocenters. The lowest BCUT2D eigenvalue weighted by atomic mass is 9.87. The molecule has 3 nitrogen and oxygen atoms in total. The van der Waals surface area contributed by atoms with Gasteiger partial charge in [0.05, 0.1) is 6.33 Å². The highest BCUT2D eigenvalue weighted by molar-refractivity contribution is 4.84. The Bertz CT molecular complexity index is 406. The van der Waals surface area contributed by atoms with E-state index in [4.69, 9.17) is 0 Å². The van der Waals surface area contributed by atoms with Crippen LogP contribution in [0.25, 0.3) is 0 Å². The number of hydrogen-bond acceptors (Lipinski definition) is 2. The minimum Gasteiger partial charge on any atom is -0.299 e. The predicted molar refractivity (Wildman–Crippen MR) is 55.4 cm³/mol. The van der Waals surface area contributed by atoms with E-state index in [0.29, 0.717) is 19.4 Å². The van der Waals surface area contributed by atoms with Gasteiger partial charge in [0.25, 0.3) is 5.56 Å². The Labute approximate surface area is 92.1 Å². The molecule has 1 aromatic rings. The van der Waals surface area contributed by atoms with Gasteiger partial charge in [0, 0.05) is 31.6 Å². The first kappa shape index (κ1) is 11.2. The maximum absolute atomic E-state index is 12.9. The zero-order chi connectivity index (χ0) is 11.6. The minimum absolute atomic E-state index is 0.0628. The molecule has 1 aromatic heterocycles. The van der Waals surface area contributed by atoms with E-state index in [1.807, 2.05) is 0 Å². The Balaban J connectivity index is 1.97. The van der Waals surface area contributed by atoms with Gasteiger partial charge in [-0.3, -0.25) is 9.36 Å². The number of nitrogens with zero attached hydrogens (tertiary/aromatic N) is 2. The average Bonchev–Trinajstić information content (AvgIpc) is 2.24. The molecule has 0 spiro atoms. The van der Waals surface area contributed by atoms with Gasteiger partial charge in [0.2, 0.25) is 5.92 Å². The van der Waals surface area contributed by atoms with E-state index in [0.717, 1.165) is 0 Å². The fourth-order valence-electron chi connectivity index (χ4n) is 2.08. The second-order valence-electron chi connectivity index (χ2n) is 4.37. The van der Waals surface area contributed by atoms with Gasteiger partial charge in [-0.1, -0.05) is 0 Å². The molecule has 2 rings (SSSR count). The van der Waals surface area contributed by atoms with Crippen molar-refractivity contribution in [1.82, 2.24) is 9.55 Å². The van der Waals surface area contributed by atoms with Gasteiger partial charge in [-0.25, -0.2) is 13.8 Å². The maximum atomic E-state index is 12.9.